The number of halogens is 1. The Balaban J connectivity index is 1.89. The molecule has 0 bridgehead atoms. The van der Waals surface area contributed by atoms with Crippen molar-refractivity contribution in [3.05, 3.63) is 47.0 Å². The van der Waals surface area contributed by atoms with Gasteiger partial charge < -0.3 is 15.2 Å². The van der Waals surface area contributed by atoms with Crippen molar-refractivity contribution < 1.29 is 4.79 Å². The molecule has 0 saturated heterocycles. The molecule has 0 spiro atoms. The van der Waals surface area contributed by atoms with Crippen LogP contribution in [0.3, 0.4) is 0 Å². The van der Waals surface area contributed by atoms with E-state index in [9.17, 15) is 4.79 Å². The minimum absolute atomic E-state index is 0.0736. The van der Waals surface area contributed by atoms with Gasteiger partial charge in [0.15, 0.2) is 0 Å². The molecule has 1 aromatic heterocycles. The normalized spacial score (nSPS) is 10.5. The smallest absolute Gasteiger partial charge is 0.244 e. The third kappa shape index (κ3) is 4.47. The summed E-state index contributed by atoms with van der Waals surface area (Å²) in [4.78, 5) is 16.2. The summed E-state index contributed by atoms with van der Waals surface area (Å²) in [6, 6.07) is 7.51. The van der Waals surface area contributed by atoms with Gasteiger partial charge in [0, 0.05) is 22.9 Å². The van der Waals surface area contributed by atoms with Gasteiger partial charge in [0.05, 0.1) is 12.0 Å². The van der Waals surface area contributed by atoms with Crippen LogP contribution in [0.15, 0.2) is 41.3 Å². The Morgan fingerprint density at radius 3 is 3.05 bits per heavy atom. The molecule has 5 nitrogen and oxygen atoms in total. The molecule has 0 aliphatic heterocycles. The van der Waals surface area contributed by atoms with E-state index >= 15 is 0 Å². The number of anilines is 1. The van der Waals surface area contributed by atoms with Gasteiger partial charge in [0.25, 0.3) is 0 Å². The fourth-order valence-electron chi connectivity index (χ4n) is 1.77. The summed E-state index contributed by atoms with van der Waals surface area (Å²) in [5.41, 5.74) is 1.71. The largest absolute Gasteiger partial charge is 0.328 e. The zero-order chi connectivity index (χ0) is 14.4. The maximum absolute atomic E-state index is 11.9. The first kappa shape index (κ1) is 14.7. The van der Waals surface area contributed by atoms with E-state index in [1.165, 1.54) is 0 Å². The Labute approximate surface area is 126 Å². The summed E-state index contributed by atoms with van der Waals surface area (Å²) in [7, 11) is 0. The fourth-order valence-corrected chi connectivity index (χ4v) is 2.17. The van der Waals surface area contributed by atoms with E-state index in [4.69, 9.17) is 0 Å². The van der Waals surface area contributed by atoms with Crippen molar-refractivity contribution >= 4 is 27.5 Å². The molecule has 0 fully saturated rings. The third-order valence-electron chi connectivity index (χ3n) is 2.68. The molecule has 0 radical (unpaired) electrons. The minimum atomic E-state index is -0.0736. The lowest BCUT2D eigenvalue weighted by molar-refractivity contribution is -0.116. The summed E-state index contributed by atoms with van der Waals surface area (Å²) in [6.45, 7) is 3.92. The predicted molar refractivity (Wildman–Crippen MR) is 82.4 cm³/mol. The summed E-state index contributed by atoms with van der Waals surface area (Å²) >= 11 is 3.37. The highest BCUT2D eigenvalue weighted by Crippen LogP contribution is 2.15. The van der Waals surface area contributed by atoms with Crippen molar-refractivity contribution in [3.8, 4) is 0 Å². The van der Waals surface area contributed by atoms with Crippen LogP contribution < -0.4 is 10.6 Å². The second-order valence-corrected chi connectivity index (χ2v) is 5.29. The van der Waals surface area contributed by atoms with Crippen molar-refractivity contribution in [3.63, 3.8) is 0 Å². The van der Waals surface area contributed by atoms with Crippen molar-refractivity contribution in [1.82, 2.24) is 14.9 Å². The molecular formula is C14H17BrN4O. The van der Waals surface area contributed by atoms with Crippen LogP contribution in [0.25, 0.3) is 0 Å². The SMILES string of the molecule is CCNCc1cn(CC(=O)Nc2cccc(Br)c2)cn1. The van der Waals surface area contributed by atoms with E-state index < -0.39 is 0 Å². The van der Waals surface area contributed by atoms with Gasteiger partial charge in [-0.2, -0.15) is 0 Å². The second kappa shape index (κ2) is 7.21. The molecule has 2 rings (SSSR count). The number of hydrogen-bond donors (Lipinski definition) is 2. The predicted octanol–water partition coefficient (Wildman–Crippen LogP) is 2.39. The highest BCUT2D eigenvalue weighted by Gasteiger charge is 2.05. The molecule has 6 heteroatoms. The molecular weight excluding hydrogens is 320 g/mol. The van der Waals surface area contributed by atoms with Crippen molar-refractivity contribution in [2.45, 2.75) is 20.0 Å². The van der Waals surface area contributed by atoms with Gasteiger partial charge in [-0.1, -0.05) is 28.9 Å². The highest BCUT2D eigenvalue weighted by molar-refractivity contribution is 9.10. The molecule has 1 amide bonds. The average Bonchev–Trinajstić information content (AvgIpc) is 2.83. The van der Waals surface area contributed by atoms with E-state index in [0.29, 0.717) is 0 Å². The van der Waals surface area contributed by atoms with Gasteiger partial charge in [-0.25, -0.2) is 4.98 Å². The van der Waals surface area contributed by atoms with Crippen LogP contribution in [0, 0.1) is 0 Å². The van der Waals surface area contributed by atoms with Crippen molar-refractivity contribution in [1.29, 1.82) is 0 Å². The maximum atomic E-state index is 11.9. The van der Waals surface area contributed by atoms with Crippen molar-refractivity contribution in [2.75, 3.05) is 11.9 Å². The van der Waals surface area contributed by atoms with E-state index in [0.717, 1.165) is 28.9 Å². The molecule has 1 heterocycles. The molecule has 1 aromatic carbocycles. The molecule has 0 aliphatic rings. The van der Waals surface area contributed by atoms with Crippen LogP contribution in [0.1, 0.15) is 12.6 Å². The van der Waals surface area contributed by atoms with E-state index in [2.05, 4.69) is 31.5 Å². The van der Waals surface area contributed by atoms with Gasteiger partial charge >= 0.3 is 0 Å². The summed E-state index contributed by atoms with van der Waals surface area (Å²) in [5.74, 6) is -0.0736. The summed E-state index contributed by atoms with van der Waals surface area (Å²) in [5, 5.41) is 6.05. The van der Waals surface area contributed by atoms with E-state index in [1.54, 1.807) is 10.9 Å². The molecule has 0 aliphatic carbocycles. The number of imidazole rings is 1. The van der Waals surface area contributed by atoms with Gasteiger partial charge in [0.2, 0.25) is 5.91 Å². The lowest BCUT2D eigenvalue weighted by Crippen LogP contribution is -2.18. The molecule has 106 valence electrons. The number of rotatable bonds is 6. The lowest BCUT2D eigenvalue weighted by Gasteiger charge is -2.06. The number of carbonyl (C=O) groups excluding carboxylic acids is 1. The number of carbonyl (C=O) groups is 1. The van der Waals surface area contributed by atoms with Gasteiger partial charge in [-0.3, -0.25) is 4.79 Å². The van der Waals surface area contributed by atoms with Crippen LogP contribution in [0.5, 0.6) is 0 Å². The fraction of sp³-hybridized carbons (Fsp3) is 0.286. The Hall–Kier alpha value is -1.66. The lowest BCUT2D eigenvalue weighted by atomic mass is 10.3. The Morgan fingerprint density at radius 2 is 2.30 bits per heavy atom. The zero-order valence-electron chi connectivity index (χ0n) is 11.3. The highest BCUT2D eigenvalue weighted by atomic mass is 79.9. The molecule has 0 atom stereocenters. The first-order chi connectivity index (χ1) is 9.67. The van der Waals surface area contributed by atoms with E-state index in [-0.39, 0.29) is 12.5 Å². The Morgan fingerprint density at radius 1 is 1.45 bits per heavy atom. The van der Waals surface area contributed by atoms with Crippen LogP contribution in [0.2, 0.25) is 0 Å². The van der Waals surface area contributed by atoms with Crippen LogP contribution in [-0.4, -0.2) is 22.0 Å². The molecule has 0 saturated carbocycles. The third-order valence-corrected chi connectivity index (χ3v) is 3.17. The number of nitrogens with one attached hydrogen (secondary N) is 2. The first-order valence-corrected chi connectivity index (χ1v) is 7.23. The van der Waals surface area contributed by atoms with Gasteiger partial charge in [0.1, 0.15) is 6.54 Å². The number of aromatic nitrogens is 2. The van der Waals surface area contributed by atoms with Crippen LogP contribution in [-0.2, 0) is 17.9 Å². The monoisotopic (exact) mass is 336 g/mol. The standard InChI is InChI=1S/C14H17BrN4O/c1-2-16-7-13-8-19(10-17-13)9-14(20)18-12-5-3-4-11(15)6-12/h3-6,8,10,16H,2,7,9H2,1H3,(H,18,20). The van der Waals surface area contributed by atoms with Crippen LogP contribution in [0.4, 0.5) is 5.69 Å². The van der Waals surface area contributed by atoms with Gasteiger partial charge in [-0.15, -0.1) is 0 Å². The molecule has 20 heavy (non-hydrogen) atoms. The molecule has 2 aromatic rings. The maximum Gasteiger partial charge on any atom is 0.244 e. The Bertz CT molecular complexity index is 582. The number of benzene rings is 1. The van der Waals surface area contributed by atoms with Crippen molar-refractivity contribution in [2.24, 2.45) is 0 Å². The van der Waals surface area contributed by atoms with E-state index in [1.807, 2.05) is 37.4 Å². The topological polar surface area (TPSA) is 59.0 Å². The quantitative estimate of drug-likeness (QED) is 0.851. The molecule has 0 unspecified atom stereocenters. The first-order valence-electron chi connectivity index (χ1n) is 6.44. The minimum Gasteiger partial charge on any atom is -0.328 e. The zero-order valence-corrected chi connectivity index (χ0v) is 12.9. The summed E-state index contributed by atoms with van der Waals surface area (Å²) < 4.78 is 2.71. The second-order valence-electron chi connectivity index (χ2n) is 4.38. The number of nitrogens with zero attached hydrogens (tertiary/aromatic N) is 2. The Kier molecular flexibility index (Phi) is 5.31. The molecule has 2 N–H and O–H groups in total. The average molecular weight is 337 g/mol. The summed E-state index contributed by atoms with van der Waals surface area (Å²) in [6.07, 6.45) is 3.55. The number of amides is 1. The van der Waals surface area contributed by atoms with Gasteiger partial charge in [-0.05, 0) is 24.7 Å². The number of hydrogen-bond acceptors (Lipinski definition) is 3. The van der Waals surface area contributed by atoms with Crippen LogP contribution >= 0.6 is 15.9 Å².